The molecule has 104 valence electrons. The van der Waals surface area contributed by atoms with Gasteiger partial charge in [-0.15, -0.1) is 10.2 Å². The Bertz CT molecular complexity index is 594. The number of ether oxygens (including phenoxy) is 1. The summed E-state index contributed by atoms with van der Waals surface area (Å²) in [4.78, 5) is 12.0. The Hall–Kier alpha value is -2.43. The van der Waals surface area contributed by atoms with Gasteiger partial charge in [0.2, 0.25) is 5.88 Å². The molecule has 1 heterocycles. The van der Waals surface area contributed by atoms with Gasteiger partial charge < -0.3 is 10.1 Å². The van der Waals surface area contributed by atoms with Crippen molar-refractivity contribution in [3.05, 3.63) is 42.0 Å². The van der Waals surface area contributed by atoms with E-state index in [1.807, 2.05) is 32.0 Å². The SMILES string of the molecule is COc1ccc(-c2cccc(C(=O)NC(C)C)c2)nn1. The summed E-state index contributed by atoms with van der Waals surface area (Å²) in [7, 11) is 1.54. The Morgan fingerprint density at radius 1 is 1.20 bits per heavy atom. The van der Waals surface area contributed by atoms with Gasteiger partial charge in [-0.1, -0.05) is 12.1 Å². The van der Waals surface area contributed by atoms with E-state index in [9.17, 15) is 4.79 Å². The van der Waals surface area contributed by atoms with Crippen LogP contribution < -0.4 is 10.1 Å². The van der Waals surface area contributed by atoms with Crippen LogP contribution in [0.25, 0.3) is 11.3 Å². The lowest BCUT2D eigenvalue weighted by atomic mass is 10.1. The molecular weight excluding hydrogens is 254 g/mol. The van der Waals surface area contributed by atoms with Gasteiger partial charge in [-0.05, 0) is 32.0 Å². The fourth-order valence-corrected chi connectivity index (χ4v) is 1.75. The molecule has 0 bridgehead atoms. The zero-order chi connectivity index (χ0) is 14.5. The second-order valence-corrected chi connectivity index (χ2v) is 4.67. The molecule has 1 aromatic carbocycles. The molecule has 0 aliphatic carbocycles. The largest absolute Gasteiger partial charge is 0.480 e. The lowest BCUT2D eigenvalue weighted by Crippen LogP contribution is -2.30. The van der Waals surface area contributed by atoms with E-state index in [0.717, 1.165) is 5.56 Å². The third kappa shape index (κ3) is 3.32. The minimum atomic E-state index is -0.0941. The van der Waals surface area contributed by atoms with Gasteiger partial charge in [0.25, 0.3) is 5.91 Å². The van der Waals surface area contributed by atoms with Crippen molar-refractivity contribution in [2.75, 3.05) is 7.11 Å². The van der Waals surface area contributed by atoms with Crippen LogP contribution in [-0.4, -0.2) is 29.3 Å². The summed E-state index contributed by atoms with van der Waals surface area (Å²) >= 11 is 0. The molecular formula is C15H17N3O2. The lowest BCUT2D eigenvalue weighted by molar-refractivity contribution is 0.0943. The second-order valence-electron chi connectivity index (χ2n) is 4.67. The molecule has 2 aromatic rings. The maximum Gasteiger partial charge on any atom is 0.251 e. The molecule has 0 fully saturated rings. The van der Waals surface area contributed by atoms with Gasteiger partial charge in [0, 0.05) is 23.2 Å². The average Bonchev–Trinajstić information content (AvgIpc) is 2.47. The highest BCUT2D eigenvalue weighted by molar-refractivity contribution is 5.95. The molecule has 1 N–H and O–H groups in total. The standard InChI is InChI=1S/C15H17N3O2/c1-10(2)16-15(19)12-6-4-5-11(9-12)13-7-8-14(20-3)18-17-13/h4-10H,1-3H3,(H,16,19). The maximum atomic E-state index is 12.0. The monoisotopic (exact) mass is 271 g/mol. The Morgan fingerprint density at radius 3 is 2.60 bits per heavy atom. The Labute approximate surface area is 118 Å². The highest BCUT2D eigenvalue weighted by atomic mass is 16.5. The van der Waals surface area contributed by atoms with Crippen molar-refractivity contribution in [1.29, 1.82) is 0 Å². The predicted molar refractivity (Wildman–Crippen MR) is 76.6 cm³/mol. The number of carbonyl (C=O) groups excluding carboxylic acids is 1. The van der Waals surface area contributed by atoms with E-state index in [4.69, 9.17) is 4.74 Å². The molecule has 0 spiro atoms. The predicted octanol–water partition coefficient (Wildman–Crippen LogP) is 2.29. The van der Waals surface area contributed by atoms with Crippen LogP contribution in [0.3, 0.4) is 0 Å². The van der Waals surface area contributed by atoms with Gasteiger partial charge in [0.05, 0.1) is 12.8 Å². The van der Waals surface area contributed by atoms with Crippen LogP contribution in [0.1, 0.15) is 24.2 Å². The number of hydrogen-bond acceptors (Lipinski definition) is 4. The van der Waals surface area contributed by atoms with Crippen LogP contribution in [0.5, 0.6) is 5.88 Å². The number of carbonyl (C=O) groups is 1. The zero-order valence-electron chi connectivity index (χ0n) is 11.8. The number of aromatic nitrogens is 2. The smallest absolute Gasteiger partial charge is 0.251 e. The molecule has 0 saturated carbocycles. The van der Waals surface area contributed by atoms with E-state index >= 15 is 0 Å². The summed E-state index contributed by atoms with van der Waals surface area (Å²) in [5.74, 6) is 0.366. The summed E-state index contributed by atoms with van der Waals surface area (Å²) in [5.41, 5.74) is 2.15. The van der Waals surface area contributed by atoms with Crippen molar-refractivity contribution >= 4 is 5.91 Å². The lowest BCUT2D eigenvalue weighted by Gasteiger charge is -2.09. The molecule has 1 amide bonds. The maximum absolute atomic E-state index is 12.0. The fraction of sp³-hybridized carbons (Fsp3) is 0.267. The number of rotatable bonds is 4. The molecule has 5 heteroatoms. The summed E-state index contributed by atoms with van der Waals surface area (Å²) in [6.07, 6.45) is 0. The third-order valence-electron chi connectivity index (χ3n) is 2.69. The highest BCUT2D eigenvalue weighted by Crippen LogP contribution is 2.19. The first-order valence-corrected chi connectivity index (χ1v) is 6.39. The number of nitrogens with zero attached hydrogens (tertiary/aromatic N) is 2. The van der Waals surface area contributed by atoms with Crippen LogP contribution in [0.4, 0.5) is 0 Å². The van der Waals surface area contributed by atoms with E-state index in [0.29, 0.717) is 17.1 Å². The van der Waals surface area contributed by atoms with E-state index in [2.05, 4.69) is 15.5 Å². The topological polar surface area (TPSA) is 64.1 Å². The van der Waals surface area contributed by atoms with Crippen LogP contribution in [0, 0.1) is 0 Å². The highest BCUT2D eigenvalue weighted by Gasteiger charge is 2.09. The van der Waals surface area contributed by atoms with Gasteiger partial charge in [-0.25, -0.2) is 0 Å². The number of amides is 1. The van der Waals surface area contributed by atoms with Gasteiger partial charge >= 0.3 is 0 Å². The molecule has 5 nitrogen and oxygen atoms in total. The Kier molecular flexibility index (Phi) is 4.30. The normalized spacial score (nSPS) is 10.4. The molecule has 0 atom stereocenters. The van der Waals surface area contributed by atoms with E-state index in [1.165, 1.54) is 0 Å². The van der Waals surface area contributed by atoms with Crippen LogP contribution in [0.15, 0.2) is 36.4 Å². The van der Waals surface area contributed by atoms with Crippen LogP contribution >= 0.6 is 0 Å². The quantitative estimate of drug-likeness (QED) is 0.926. The minimum Gasteiger partial charge on any atom is -0.480 e. The molecule has 0 radical (unpaired) electrons. The second kappa shape index (κ2) is 6.14. The zero-order valence-corrected chi connectivity index (χ0v) is 11.8. The van der Waals surface area contributed by atoms with Crippen molar-refractivity contribution in [3.8, 4) is 17.1 Å². The van der Waals surface area contributed by atoms with Crippen molar-refractivity contribution in [2.24, 2.45) is 0 Å². The van der Waals surface area contributed by atoms with Crippen LogP contribution in [-0.2, 0) is 0 Å². The number of methoxy groups -OCH3 is 1. The van der Waals surface area contributed by atoms with Crippen LogP contribution in [0.2, 0.25) is 0 Å². The van der Waals surface area contributed by atoms with Crippen molar-refractivity contribution in [2.45, 2.75) is 19.9 Å². The van der Waals surface area contributed by atoms with E-state index < -0.39 is 0 Å². The molecule has 1 aromatic heterocycles. The minimum absolute atomic E-state index is 0.0941. The number of nitrogens with one attached hydrogen (secondary N) is 1. The fourth-order valence-electron chi connectivity index (χ4n) is 1.75. The molecule has 0 saturated heterocycles. The van der Waals surface area contributed by atoms with Gasteiger partial charge in [-0.3, -0.25) is 4.79 Å². The van der Waals surface area contributed by atoms with Crippen molar-refractivity contribution in [3.63, 3.8) is 0 Å². The number of hydrogen-bond donors (Lipinski definition) is 1. The first kappa shape index (κ1) is 14.0. The van der Waals surface area contributed by atoms with Crippen molar-refractivity contribution in [1.82, 2.24) is 15.5 Å². The summed E-state index contributed by atoms with van der Waals surface area (Å²) in [6, 6.07) is 11.0. The first-order valence-electron chi connectivity index (χ1n) is 6.39. The van der Waals surface area contributed by atoms with E-state index in [1.54, 1.807) is 25.3 Å². The molecule has 2 rings (SSSR count). The molecule has 0 aliphatic rings. The molecule has 0 unspecified atom stereocenters. The average molecular weight is 271 g/mol. The van der Waals surface area contributed by atoms with Gasteiger partial charge in [0.15, 0.2) is 0 Å². The Balaban J connectivity index is 2.26. The first-order chi connectivity index (χ1) is 9.60. The number of benzene rings is 1. The summed E-state index contributed by atoms with van der Waals surface area (Å²) in [5, 5.41) is 10.9. The van der Waals surface area contributed by atoms with Gasteiger partial charge in [-0.2, -0.15) is 0 Å². The van der Waals surface area contributed by atoms with Gasteiger partial charge in [0.1, 0.15) is 0 Å². The summed E-state index contributed by atoms with van der Waals surface area (Å²) in [6.45, 7) is 3.85. The summed E-state index contributed by atoms with van der Waals surface area (Å²) < 4.78 is 4.97. The van der Waals surface area contributed by atoms with E-state index in [-0.39, 0.29) is 11.9 Å². The Morgan fingerprint density at radius 2 is 2.00 bits per heavy atom. The molecule has 0 aliphatic heterocycles. The molecule has 20 heavy (non-hydrogen) atoms. The van der Waals surface area contributed by atoms with Crippen molar-refractivity contribution < 1.29 is 9.53 Å². The third-order valence-corrected chi connectivity index (χ3v) is 2.69.